The fraction of sp³-hybridized carbons (Fsp3) is 0.438. The van der Waals surface area contributed by atoms with Crippen LogP contribution in [0.4, 0.5) is 0 Å². The SMILES string of the molecule is O=Cc1ccc(OCC(=O)NCC(=O)N2CCCCC2)cc1. The largest absolute Gasteiger partial charge is 0.484 e. The van der Waals surface area contributed by atoms with E-state index in [9.17, 15) is 14.4 Å². The Balaban J connectivity index is 1.68. The number of hydrogen-bond acceptors (Lipinski definition) is 4. The van der Waals surface area contributed by atoms with E-state index in [1.165, 1.54) is 0 Å². The second-order valence-corrected chi connectivity index (χ2v) is 5.19. The molecule has 6 nitrogen and oxygen atoms in total. The number of carbonyl (C=O) groups is 3. The van der Waals surface area contributed by atoms with Gasteiger partial charge in [0.1, 0.15) is 12.0 Å². The van der Waals surface area contributed by atoms with Gasteiger partial charge in [-0.1, -0.05) is 0 Å². The second-order valence-electron chi connectivity index (χ2n) is 5.19. The van der Waals surface area contributed by atoms with Crippen LogP contribution in [0.5, 0.6) is 5.75 Å². The summed E-state index contributed by atoms with van der Waals surface area (Å²) in [5.74, 6) is 0.108. The van der Waals surface area contributed by atoms with Gasteiger partial charge >= 0.3 is 0 Å². The zero-order chi connectivity index (χ0) is 15.8. The Bertz CT molecular complexity index is 521. The number of carbonyl (C=O) groups excluding carboxylic acids is 3. The first-order valence-electron chi connectivity index (χ1n) is 7.41. The van der Waals surface area contributed by atoms with Gasteiger partial charge in [0.25, 0.3) is 5.91 Å². The summed E-state index contributed by atoms with van der Waals surface area (Å²) in [6.45, 7) is 1.39. The van der Waals surface area contributed by atoms with Crippen LogP contribution in [-0.4, -0.2) is 49.2 Å². The van der Waals surface area contributed by atoms with Crippen LogP contribution in [0.25, 0.3) is 0 Å². The summed E-state index contributed by atoms with van der Waals surface area (Å²) in [5.41, 5.74) is 0.545. The number of hydrogen-bond donors (Lipinski definition) is 1. The molecule has 1 N–H and O–H groups in total. The Labute approximate surface area is 129 Å². The topological polar surface area (TPSA) is 75.7 Å². The molecule has 0 atom stereocenters. The summed E-state index contributed by atoms with van der Waals surface area (Å²) >= 11 is 0. The Hall–Kier alpha value is -2.37. The summed E-state index contributed by atoms with van der Waals surface area (Å²) in [6.07, 6.45) is 3.95. The van der Waals surface area contributed by atoms with Crippen LogP contribution in [-0.2, 0) is 9.59 Å². The first-order valence-corrected chi connectivity index (χ1v) is 7.41. The molecule has 2 amide bonds. The van der Waals surface area contributed by atoms with Crippen LogP contribution in [0.15, 0.2) is 24.3 Å². The van der Waals surface area contributed by atoms with Gasteiger partial charge in [0.15, 0.2) is 6.61 Å². The molecular formula is C16H20N2O4. The lowest BCUT2D eigenvalue weighted by molar-refractivity contribution is -0.134. The Morgan fingerprint density at radius 3 is 2.45 bits per heavy atom. The summed E-state index contributed by atoms with van der Waals surface area (Å²) in [5, 5.41) is 2.56. The standard InChI is InChI=1S/C16H20N2O4/c19-11-13-4-6-14(7-5-13)22-12-15(20)17-10-16(21)18-8-2-1-3-9-18/h4-7,11H,1-3,8-10,12H2,(H,17,20). The van der Waals surface area contributed by atoms with Crippen molar-refractivity contribution in [1.82, 2.24) is 10.2 Å². The Morgan fingerprint density at radius 2 is 1.82 bits per heavy atom. The highest BCUT2D eigenvalue weighted by Crippen LogP contribution is 2.11. The molecule has 0 saturated carbocycles. The maximum Gasteiger partial charge on any atom is 0.258 e. The van der Waals surface area contributed by atoms with Gasteiger partial charge in [-0.15, -0.1) is 0 Å². The number of amides is 2. The molecule has 0 spiro atoms. The van der Waals surface area contributed by atoms with Gasteiger partial charge in [-0.2, -0.15) is 0 Å². The molecule has 1 fully saturated rings. The molecule has 22 heavy (non-hydrogen) atoms. The van der Waals surface area contributed by atoms with Crippen molar-refractivity contribution in [3.63, 3.8) is 0 Å². The number of rotatable bonds is 6. The molecule has 1 aliphatic heterocycles. The van der Waals surface area contributed by atoms with E-state index in [0.717, 1.165) is 38.6 Å². The zero-order valence-corrected chi connectivity index (χ0v) is 12.4. The lowest BCUT2D eigenvalue weighted by Gasteiger charge is -2.26. The average Bonchev–Trinajstić information content (AvgIpc) is 2.59. The molecule has 0 radical (unpaired) electrons. The van der Waals surface area contributed by atoms with Gasteiger partial charge < -0.3 is 15.0 Å². The van der Waals surface area contributed by atoms with Crippen LogP contribution in [0.2, 0.25) is 0 Å². The minimum absolute atomic E-state index is 0.00622. The molecule has 1 aromatic carbocycles. The van der Waals surface area contributed by atoms with E-state index in [-0.39, 0.29) is 25.0 Å². The van der Waals surface area contributed by atoms with Crippen molar-refractivity contribution in [2.75, 3.05) is 26.2 Å². The number of aldehydes is 1. The fourth-order valence-corrected chi connectivity index (χ4v) is 2.27. The van der Waals surface area contributed by atoms with Crippen LogP contribution < -0.4 is 10.1 Å². The Morgan fingerprint density at radius 1 is 1.14 bits per heavy atom. The molecule has 1 aliphatic rings. The molecule has 1 saturated heterocycles. The van der Waals surface area contributed by atoms with Crippen molar-refractivity contribution < 1.29 is 19.1 Å². The number of ether oxygens (including phenoxy) is 1. The van der Waals surface area contributed by atoms with Crippen molar-refractivity contribution in [3.8, 4) is 5.75 Å². The minimum atomic E-state index is -0.343. The number of likely N-dealkylation sites (tertiary alicyclic amines) is 1. The van der Waals surface area contributed by atoms with Crippen LogP contribution >= 0.6 is 0 Å². The van der Waals surface area contributed by atoms with Crippen molar-refractivity contribution in [2.45, 2.75) is 19.3 Å². The van der Waals surface area contributed by atoms with Gasteiger partial charge in [-0.25, -0.2) is 0 Å². The highest BCUT2D eigenvalue weighted by Gasteiger charge is 2.16. The quantitative estimate of drug-likeness (QED) is 0.796. The molecule has 1 heterocycles. The van der Waals surface area contributed by atoms with Gasteiger partial charge in [0.05, 0.1) is 6.54 Å². The van der Waals surface area contributed by atoms with Crippen molar-refractivity contribution in [2.24, 2.45) is 0 Å². The van der Waals surface area contributed by atoms with E-state index >= 15 is 0 Å². The van der Waals surface area contributed by atoms with Gasteiger partial charge in [0, 0.05) is 18.7 Å². The third-order valence-electron chi connectivity index (χ3n) is 3.53. The van der Waals surface area contributed by atoms with Gasteiger partial charge in [-0.05, 0) is 43.5 Å². The van der Waals surface area contributed by atoms with E-state index in [4.69, 9.17) is 4.74 Å². The Kier molecular flexibility index (Phi) is 5.94. The molecule has 0 aromatic heterocycles. The van der Waals surface area contributed by atoms with Crippen molar-refractivity contribution >= 4 is 18.1 Å². The van der Waals surface area contributed by atoms with E-state index in [0.29, 0.717) is 11.3 Å². The summed E-state index contributed by atoms with van der Waals surface area (Å²) in [6, 6.07) is 6.46. The molecule has 0 unspecified atom stereocenters. The van der Waals surface area contributed by atoms with E-state index in [1.807, 2.05) is 0 Å². The highest BCUT2D eigenvalue weighted by atomic mass is 16.5. The van der Waals surface area contributed by atoms with Crippen LogP contribution in [0.3, 0.4) is 0 Å². The van der Waals surface area contributed by atoms with E-state index < -0.39 is 0 Å². The van der Waals surface area contributed by atoms with Crippen LogP contribution in [0.1, 0.15) is 29.6 Å². The van der Waals surface area contributed by atoms with Gasteiger partial charge in [-0.3, -0.25) is 14.4 Å². The zero-order valence-electron chi connectivity index (χ0n) is 12.4. The normalized spacial score (nSPS) is 14.3. The molecule has 0 aliphatic carbocycles. The number of piperidine rings is 1. The van der Waals surface area contributed by atoms with Crippen molar-refractivity contribution in [1.29, 1.82) is 0 Å². The van der Waals surface area contributed by atoms with Crippen LogP contribution in [0, 0.1) is 0 Å². The predicted octanol–water partition coefficient (Wildman–Crippen LogP) is 1.01. The smallest absolute Gasteiger partial charge is 0.258 e. The second kappa shape index (κ2) is 8.17. The maximum atomic E-state index is 11.9. The first-order chi connectivity index (χ1) is 10.7. The monoisotopic (exact) mass is 304 g/mol. The summed E-state index contributed by atoms with van der Waals surface area (Å²) in [7, 11) is 0. The molecule has 6 heteroatoms. The fourth-order valence-electron chi connectivity index (χ4n) is 2.27. The predicted molar refractivity (Wildman–Crippen MR) is 80.8 cm³/mol. The highest BCUT2D eigenvalue weighted by molar-refractivity contribution is 5.85. The molecule has 2 rings (SSSR count). The molecular weight excluding hydrogens is 284 g/mol. The maximum absolute atomic E-state index is 11.9. The van der Waals surface area contributed by atoms with E-state index in [1.54, 1.807) is 29.2 Å². The lowest BCUT2D eigenvalue weighted by Crippen LogP contribution is -2.43. The van der Waals surface area contributed by atoms with Crippen molar-refractivity contribution in [3.05, 3.63) is 29.8 Å². The van der Waals surface area contributed by atoms with E-state index in [2.05, 4.69) is 5.32 Å². The molecule has 118 valence electrons. The lowest BCUT2D eigenvalue weighted by atomic mass is 10.1. The third kappa shape index (κ3) is 4.87. The number of nitrogens with zero attached hydrogens (tertiary/aromatic N) is 1. The summed E-state index contributed by atoms with van der Waals surface area (Å²) in [4.78, 5) is 35.9. The number of nitrogens with one attached hydrogen (secondary N) is 1. The number of benzene rings is 1. The molecule has 1 aromatic rings. The summed E-state index contributed by atoms with van der Waals surface area (Å²) < 4.78 is 5.29. The first kappa shape index (κ1) is 16.0. The average molecular weight is 304 g/mol. The third-order valence-corrected chi connectivity index (χ3v) is 3.53. The molecule has 0 bridgehead atoms. The minimum Gasteiger partial charge on any atom is -0.484 e. The van der Waals surface area contributed by atoms with Gasteiger partial charge in [0.2, 0.25) is 5.91 Å².